The number of rotatable bonds is 4. The fraction of sp³-hybridized carbons (Fsp3) is 0.409. The molecule has 2 amide bonds. The first-order valence-electron chi connectivity index (χ1n) is 10.00. The molecule has 2 saturated heterocycles. The molecule has 0 aliphatic carbocycles. The van der Waals surface area contributed by atoms with Crippen molar-refractivity contribution in [1.29, 1.82) is 0 Å². The zero-order valence-corrected chi connectivity index (χ0v) is 16.0. The van der Waals surface area contributed by atoms with Crippen molar-refractivity contribution in [3.8, 4) is 11.5 Å². The molecular weight excluding hydrogens is 354 g/mol. The summed E-state index contributed by atoms with van der Waals surface area (Å²) in [5.74, 6) is 1.49. The summed E-state index contributed by atoms with van der Waals surface area (Å²) in [7, 11) is 0. The number of ether oxygens (including phenoxy) is 1. The molecule has 6 nitrogen and oxygen atoms in total. The largest absolute Gasteiger partial charge is 0.457 e. The minimum Gasteiger partial charge on any atom is -0.457 e. The standard InChI is InChI=1S/C22H27N3O3/c26-21-16-25(15-20(21)24-13-5-2-6-14-24)22(27)23-17-9-11-19(12-10-17)28-18-7-3-1-4-8-18/h1,3-4,7-12,20-21,26H,2,5-6,13-16H2,(H,23,27)/t20-,21-/m1/s1. The normalized spacial score (nSPS) is 22.8. The fourth-order valence-corrected chi connectivity index (χ4v) is 3.98. The van der Waals surface area contributed by atoms with E-state index in [0.29, 0.717) is 24.5 Å². The Balaban J connectivity index is 1.32. The van der Waals surface area contributed by atoms with Crippen molar-refractivity contribution in [1.82, 2.24) is 9.80 Å². The summed E-state index contributed by atoms with van der Waals surface area (Å²) >= 11 is 0. The van der Waals surface area contributed by atoms with Gasteiger partial charge in [-0.2, -0.15) is 0 Å². The lowest BCUT2D eigenvalue weighted by molar-refractivity contribution is 0.0706. The number of nitrogens with zero attached hydrogens (tertiary/aromatic N) is 2. The van der Waals surface area contributed by atoms with Gasteiger partial charge in [-0.1, -0.05) is 24.6 Å². The maximum Gasteiger partial charge on any atom is 0.321 e. The minimum atomic E-state index is -0.481. The SMILES string of the molecule is O=C(Nc1ccc(Oc2ccccc2)cc1)N1C[C@@H](O)[C@H](N2CCCCC2)C1. The molecule has 2 aliphatic heterocycles. The molecule has 28 heavy (non-hydrogen) atoms. The van der Waals surface area contributed by atoms with Crippen LogP contribution in [0.15, 0.2) is 54.6 Å². The van der Waals surface area contributed by atoms with Gasteiger partial charge in [0.05, 0.1) is 18.7 Å². The Morgan fingerprint density at radius 1 is 0.929 bits per heavy atom. The highest BCUT2D eigenvalue weighted by Gasteiger charge is 2.37. The van der Waals surface area contributed by atoms with Crippen LogP contribution in [0.25, 0.3) is 0 Å². The fourth-order valence-electron chi connectivity index (χ4n) is 3.98. The van der Waals surface area contributed by atoms with E-state index in [0.717, 1.165) is 18.8 Å². The van der Waals surface area contributed by atoms with Gasteiger partial charge in [-0.3, -0.25) is 4.90 Å². The molecule has 0 spiro atoms. The number of carbonyl (C=O) groups excluding carboxylic acids is 1. The van der Waals surface area contributed by atoms with Crippen LogP contribution in [-0.2, 0) is 0 Å². The molecule has 2 fully saturated rings. The molecule has 2 N–H and O–H groups in total. The summed E-state index contributed by atoms with van der Waals surface area (Å²) in [6.45, 7) is 2.98. The quantitative estimate of drug-likeness (QED) is 0.850. The highest BCUT2D eigenvalue weighted by Crippen LogP contribution is 2.24. The van der Waals surface area contributed by atoms with Gasteiger partial charge in [-0.25, -0.2) is 4.79 Å². The molecule has 0 unspecified atom stereocenters. The van der Waals surface area contributed by atoms with Gasteiger partial charge >= 0.3 is 6.03 Å². The molecule has 0 radical (unpaired) electrons. The first kappa shape index (κ1) is 18.8. The Labute approximate surface area is 165 Å². The van der Waals surface area contributed by atoms with Crippen molar-refractivity contribution in [2.75, 3.05) is 31.5 Å². The van der Waals surface area contributed by atoms with Gasteiger partial charge in [0, 0.05) is 12.2 Å². The van der Waals surface area contributed by atoms with Crippen LogP contribution in [0.5, 0.6) is 11.5 Å². The second-order valence-corrected chi connectivity index (χ2v) is 7.51. The number of carbonyl (C=O) groups is 1. The molecule has 2 aromatic rings. The van der Waals surface area contributed by atoms with Crippen molar-refractivity contribution in [2.24, 2.45) is 0 Å². The van der Waals surface area contributed by atoms with E-state index in [9.17, 15) is 9.90 Å². The zero-order valence-electron chi connectivity index (χ0n) is 16.0. The maximum atomic E-state index is 12.6. The maximum absolute atomic E-state index is 12.6. The van der Waals surface area contributed by atoms with Gasteiger partial charge in [-0.05, 0) is 62.3 Å². The third-order valence-electron chi connectivity index (χ3n) is 5.49. The van der Waals surface area contributed by atoms with E-state index in [-0.39, 0.29) is 12.1 Å². The lowest BCUT2D eigenvalue weighted by Crippen LogP contribution is -2.46. The van der Waals surface area contributed by atoms with E-state index >= 15 is 0 Å². The monoisotopic (exact) mass is 381 g/mol. The van der Waals surface area contributed by atoms with Gasteiger partial charge in [0.1, 0.15) is 11.5 Å². The predicted molar refractivity (Wildman–Crippen MR) is 109 cm³/mol. The van der Waals surface area contributed by atoms with Crippen LogP contribution in [0.2, 0.25) is 0 Å². The number of β-amino-alcohol motifs (C(OH)–C–C–N with tert-alkyl or cyclic N) is 1. The molecule has 0 bridgehead atoms. The summed E-state index contributed by atoms with van der Waals surface area (Å²) in [4.78, 5) is 16.7. The number of amides is 2. The molecule has 148 valence electrons. The molecule has 0 aromatic heterocycles. The van der Waals surface area contributed by atoms with Gasteiger partial charge in [0.25, 0.3) is 0 Å². The predicted octanol–water partition coefficient (Wildman–Crippen LogP) is 3.54. The van der Waals surface area contributed by atoms with E-state index in [4.69, 9.17) is 4.74 Å². The van der Waals surface area contributed by atoms with Crippen LogP contribution in [0, 0.1) is 0 Å². The Bertz CT molecular complexity index is 775. The highest BCUT2D eigenvalue weighted by atomic mass is 16.5. The van der Waals surface area contributed by atoms with Gasteiger partial charge < -0.3 is 20.1 Å². The number of benzene rings is 2. The number of aliphatic hydroxyl groups is 1. The van der Waals surface area contributed by atoms with Gasteiger partial charge in [-0.15, -0.1) is 0 Å². The van der Waals surface area contributed by atoms with E-state index in [1.165, 1.54) is 19.3 Å². The average Bonchev–Trinajstić information content (AvgIpc) is 3.13. The van der Waals surface area contributed by atoms with Crippen LogP contribution in [0.4, 0.5) is 10.5 Å². The Morgan fingerprint density at radius 3 is 2.32 bits per heavy atom. The number of piperidine rings is 1. The minimum absolute atomic E-state index is 0.0488. The van der Waals surface area contributed by atoms with E-state index in [1.54, 1.807) is 4.90 Å². The molecule has 2 heterocycles. The second kappa shape index (κ2) is 8.63. The number of nitrogens with one attached hydrogen (secondary N) is 1. The molecular formula is C22H27N3O3. The summed E-state index contributed by atoms with van der Waals surface area (Å²) < 4.78 is 5.77. The molecule has 2 aliphatic rings. The van der Waals surface area contributed by atoms with Gasteiger partial charge in [0.2, 0.25) is 0 Å². The number of para-hydroxylation sites is 1. The van der Waals surface area contributed by atoms with Crippen LogP contribution in [0.3, 0.4) is 0 Å². The summed E-state index contributed by atoms with van der Waals surface area (Å²) in [5, 5.41) is 13.3. The Hall–Kier alpha value is -2.57. The lowest BCUT2D eigenvalue weighted by Gasteiger charge is -2.33. The van der Waals surface area contributed by atoms with Crippen molar-refractivity contribution in [3.05, 3.63) is 54.6 Å². The zero-order chi connectivity index (χ0) is 19.3. The highest BCUT2D eigenvalue weighted by molar-refractivity contribution is 5.89. The number of aliphatic hydroxyl groups excluding tert-OH is 1. The van der Waals surface area contributed by atoms with Crippen LogP contribution < -0.4 is 10.1 Å². The topological polar surface area (TPSA) is 65.0 Å². The van der Waals surface area contributed by atoms with Crippen LogP contribution >= 0.6 is 0 Å². The van der Waals surface area contributed by atoms with E-state index < -0.39 is 6.10 Å². The molecule has 0 saturated carbocycles. The molecule has 4 rings (SSSR count). The summed E-state index contributed by atoms with van der Waals surface area (Å²) in [6, 6.07) is 16.8. The van der Waals surface area contributed by atoms with Crippen molar-refractivity contribution in [2.45, 2.75) is 31.4 Å². The molecule has 2 aromatic carbocycles. The number of hydrogen-bond donors (Lipinski definition) is 2. The first-order chi connectivity index (χ1) is 13.7. The summed E-state index contributed by atoms with van der Waals surface area (Å²) in [5.41, 5.74) is 0.710. The number of hydrogen-bond acceptors (Lipinski definition) is 4. The second-order valence-electron chi connectivity index (χ2n) is 7.51. The third-order valence-corrected chi connectivity index (χ3v) is 5.49. The smallest absolute Gasteiger partial charge is 0.321 e. The number of likely N-dealkylation sites (tertiary alicyclic amines) is 2. The van der Waals surface area contributed by atoms with Crippen LogP contribution in [-0.4, -0.2) is 59.3 Å². The van der Waals surface area contributed by atoms with E-state index in [2.05, 4.69) is 10.2 Å². The lowest BCUT2D eigenvalue weighted by atomic mass is 10.1. The first-order valence-corrected chi connectivity index (χ1v) is 10.00. The van der Waals surface area contributed by atoms with Crippen molar-refractivity contribution in [3.63, 3.8) is 0 Å². The molecule has 2 atom stereocenters. The van der Waals surface area contributed by atoms with Crippen molar-refractivity contribution >= 4 is 11.7 Å². The number of urea groups is 1. The number of anilines is 1. The van der Waals surface area contributed by atoms with E-state index in [1.807, 2.05) is 54.6 Å². The van der Waals surface area contributed by atoms with Crippen LogP contribution in [0.1, 0.15) is 19.3 Å². The average molecular weight is 381 g/mol. The molecule has 6 heteroatoms. The summed E-state index contributed by atoms with van der Waals surface area (Å²) in [6.07, 6.45) is 3.12. The van der Waals surface area contributed by atoms with Crippen molar-refractivity contribution < 1.29 is 14.6 Å². The Kier molecular flexibility index (Phi) is 5.78. The van der Waals surface area contributed by atoms with Gasteiger partial charge in [0.15, 0.2) is 0 Å². The third kappa shape index (κ3) is 4.46. The Morgan fingerprint density at radius 2 is 1.61 bits per heavy atom.